The number of hydrogen-bond donors (Lipinski definition) is 1. The molecule has 7 heteroatoms. The SMILES string of the molecule is CC(C)C(NC(=O)OC(C)(C)C)C(=O)N1CCN(c2ccc(Cl)cc2)C(C)(C)C1. The van der Waals surface area contributed by atoms with Crippen molar-refractivity contribution in [3.8, 4) is 0 Å². The number of alkyl carbamates (subject to hydrolysis) is 1. The largest absolute Gasteiger partial charge is 0.444 e. The zero-order chi connectivity index (χ0) is 22.0. The minimum atomic E-state index is -0.622. The molecule has 0 bridgehead atoms. The minimum absolute atomic E-state index is 0.0487. The van der Waals surface area contributed by atoms with E-state index in [1.165, 1.54) is 0 Å². The van der Waals surface area contributed by atoms with Gasteiger partial charge in [0.2, 0.25) is 5.91 Å². The van der Waals surface area contributed by atoms with Gasteiger partial charge in [-0.05, 0) is 64.8 Å². The fourth-order valence-corrected chi connectivity index (χ4v) is 3.71. The van der Waals surface area contributed by atoms with E-state index < -0.39 is 17.7 Å². The summed E-state index contributed by atoms with van der Waals surface area (Å²) in [6, 6.07) is 7.14. The Hall–Kier alpha value is -1.95. The number of ether oxygens (including phenoxy) is 1. The van der Waals surface area contributed by atoms with Crippen LogP contribution in [0.2, 0.25) is 5.02 Å². The minimum Gasteiger partial charge on any atom is -0.444 e. The lowest BCUT2D eigenvalue weighted by Crippen LogP contribution is -2.63. The van der Waals surface area contributed by atoms with Crippen LogP contribution in [0.25, 0.3) is 0 Å². The second-order valence-corrected chi connectivity index (χ2v) is 10.0. The molecule has 1 aliphatic rings. The van der Waals surface area contributed by atoms with Crippen molar-refractivity contribution in [3.63, 3.8) is 0 Å². The second-order valence-electron chi connectivity index (χ2n) is 9.57. The van der Waals surface area contributed by atoms with E-state index in [0.717, 1.165) is 5.69 Å². The molecule has 1 aliphatic heterocycles. The van der Waals surface area contributed by atoms with Crippen LogP contribution < -0.4 is 10.2 Å². The Morgan fingerprint density at radius 1 is 1.14 bits per heavy atom. The third-order valence-electron chi connectivity index (χ3n) is 4.96. The molecule has 0 spiro atoms. The lowest BCUT2D eigenvalue weighted by atomic mass is 9.95. The maximum atomic E-state index is 13.2. The number of amides is 2. The van der Waals surface area contributed by atoms with Gasteiger partial charge in [0, 0.05) is 30.3 Å². The Balaban J connectivity index is 2.10. The average molecular weight is 424 g/mol. The van der Waals surface area contributed by atoms with Crippen LogP contribution >= 0.6 is 11.6 Å². The van der Waals surface area contributed by atoms with Crippen LogP contribution in [0, 0.1) is 5.92 Å². The summed E-state index contributed by atoms with van der Waals surface area (Å²) in [6.07, 6.45) is -0.566. The predicted molar refractivity (Wildman–Crippen MR) is 117 cm³/mol. The van der Waals surface area contributed by atoms with Crippen LogP contribution in [0.15, 0.2) is 24.3 Å². The van der Waals surface area contributed by atoms with E-state index in [4.69, 9.17) is 16.3 Å². The van der Waals surface area contributed by atoms with E-state index in [1.54, 1.807) is 20.8 Å². The standard InChI is InChI=1S/C22H34ClN3O3/c1-15(2)18(24-20(28)29-21(3,4)5)19(27)25-12-13-26(22(6,7)14-25)17-10-8-16(23)9-11-17/h8-11,15,18H,12-14H2,1-7H3,(H,24,28). The Bertz CT molecular complexity index is 726. The van der Waals surface area contributed by atoms with Gasteiger partial charge in [0.15, 0.2) is 0 Å². The van der Waals surface area contributed by atoms with E-state index in [0.29, 0.717) is 24.7 Å². The molecular formula is C22H34ClN3O3. The first-order valence-corrected chi connectivity index (χ1v) is 10.5. The van der Waals surface area contributed by atoms with Gasteiger partial charge in [-0.3, -0.25) is 4.79 Å². The molecule has 0 radical (unpaired) electrons. The molecule has 1 unspecified atom stereocenters. The third kappa shape index (κ3) is 6.26. The van der Waals surface area contributed by atoms with Crippen molar-refractivity contribution >= 4 is 29.3 Å². The van der Waals surface area contributed by atoms with E-state index in [9.17, 15) is 9.59 Å². The second kappa shape index (κ2) is 8.82. The Kier molecular flexibility index (Phi) is 7.10. The number of halogens is 1. The summed E-state index contributed by atoms with van der Waals surface area (Å²) >= 11 is 6.02. The molecule has 1 N–H and O–H groups in total. The predicted octanol–water partition coefficient (Wildman–Crippen LogP) is 4.32. The maximum absolute atomic E-state index is 13.2. The molecule has 162 valence electrons. The molecule has 0 aliphatic carbocycles. The summed E-state index contributed by atoms with van der Waals surface area (Å²) in [4.78, 5) is 29.6. The highest BCUT2D eigenvalue weighted by atomic mass is 35.5. The number of nitrogens with one attached hydrogen (secondary N) is 1. The van der Waals surface area contributed by atoms with Crippen molar-refractivity contribution in [2.24, 2.45) is 5.92 Å². The molecule has 1 aromatic carbocycles. The van der Waals surface area contributed by atoms with Crippen molar-refractivity contribution in [2.45, 2.75) is 65.6 Å². The number of hydrogen-bond acceptors (Lipinski definition) is 4. The molecular weight excluding hydrogens is 390 g/mol. The average Bonchev–Trinajstić information content (AvgIpc) is 2.57. The number of piperazine rings is 1. The molecule has 2 rings (SSSR count). The highest BCUT2D eigenvalue weighted by Crippen LogP contribution is 2.29. The Morgan fingerprint density at radius 3 is 2.21 bits per heavy atom. The van der Waals surface area contributed by atoms with E-state index >= 15 is 0 Å². The van der Waals surface area contributed by atoms with Gasteiger partial charge in [-0.1, -0.05) is 25.4 Å². The monoisotopic (exact) mass is 423 g/mol. The normalized spacial score (nSPS) is 17.8. The van der Waals surface area contributed by atoms with Crippen molar-refractivity contribution in [3.05, 3.63) is 29.3 Å². The molecule has 1 heterocycles. The summed E-state index contributed by atoms with van der Waals surface area (Å²) in [5.74, 6) is -0.123. The van der Waals surface area contributed by atoms with E-state index in [2.05, 4.69) is 24.1 Å². The lowest BCUT2D eigenvalue weighted by Gasteiger charge is -2.49. The lowest BCUT2D eigenvalue weighted by molar-refractivity contribution is -0.136. The first kappa shape index (κ1) is 23.3. The van der Waals surface area contributed by atoms with Crippen LogP contribution in [0.4, 0.5) is 10.5 Å². The zero-order valence-electron chi connectivity index (χ0n) is 18.6. The highest BCUT2D eigenvalue weighted by molar-refractivity contribution is 6.30. The molecule has 6 nitrogen and oxygen atoms in total. The van der Waals surface area contributed by atoms with Gasteiger partial charge in [-0.15, -0.1) is 0 Å². The van der Waals surface area contributed by atoms with Gasteiger partial charge in [-0.25, -0.2) is 4.79 Å². The van der Waals surface area contributed by atoms with E-state index in [1.807, 2.05) is 43.0 Å². The van der Waals surface area contributed by atoms with Crippen molar-refractivity contribution in [2.75, 3.05) is 24.5 Å². The number of benzene rings is 1. The summed E-state index contributed by atoms with van der Waals surface area (Å²) < 4.78 is 5.34. The summed E-state index contributed by atoms with van der Waals surface area (Å²) in [5.41, 5.74) is 0.217. The van der Waals surface area contributed by atoms with Crippen LogP contribution in [-0.4, -0.2) is 53.7 Å². The first-order valence-electron chi connectivity index (χ1n) is 10.1. The molecule has 1 atom stereocenters. The van der Waals surface area contributed by atoms with Crippen LogP contribution in [0.5, 0.6) is 0 Å². The Labute approximate surface area is 179 Å². The quantitative estimate of drug-likeness (QED) is 0.783. The smallest absolute Gasteiger partial charge is 0.408 e. The summed E-state index contributed by atoms with van der Waals surface area (Å²) in [6.45, 7) is 15.4. The molecule has 0 aromatic heterocycles. The summed E-state index contributed by atoms with van der Waals surface area (Å²) in [7, 11) is 0. The number of nitrogens with zero attached hydrogens (tertiary/aromatic N) is 2. The van der Waals surface area contributed by atoms with Crippen LogP contribution in [0.1, 0.15) is 48.5 Å². The van der Waals surface area contributed by atoms with Crippen molar-refractivity contribution in [1.29, 1.82) is 0 Å². The van der Waals surface area contributed by atoms with Gasteiger partial charge in [0.05, 0.1) is 5.54 Å². The molecule has 1 aromatic rings. The van der Waals surface area contributed by atoms with Gasteiger partial charge in [0.25, 0.3) is 0 Å². The molecule has 1 saturated heterocycles. The van der Waals surface area contributed by atoms with Gasteiger partial charge < -0.3 is 19.9 Å². The first-order chi connectivity index (χ1) is 13.3. The zero-order valence-corrected chi connectivity index (χ0v) is 19.3. The number of rotatable bonds is 4. The number of carbonyl (C=O) groups excluding carboxylic acids is 2. The van der Waals surface area contributed by atoms with Crippen LogP contribution in [-0.2, 0) is 9.53 Å². The van der Waals surface area contributed by atoms with Crippen molar-refractivity contribution < 1.29 is 14.3 Å². The number of anilines is 1. The third-order valence-corrected chi connectivity index (χ3v) is 5.21. The molecule has 0 saturated carbocycles. The fraction of sp³-hybridized carbons (Fsp3) is 0.636. The number of carbonyl (C=O) groups is 2. The highest BCUT2D eigenvalue weighted by Gasteiger charge is 2.39. The maximum Gasteiger partial charge on any atom is 0.408 e. The van der Waals surface area contributed by atoms with Gasteiger partial charge in [-0.2, -0.15) is 0 Å². The van der Waals surface area contributed by atoms with Gasteiger partial charge >= 0.3 is 6.09 Å². The molecule has 29 heavy (non-hydrogen) atoms. The fourth-order valence-electron chi connectivity index (χ4n) is 3.59. The molecule has 2 amide bonds. The topological polar surface area (TPSA) is 61.9 Å². The Morgan fingerprint density at radius 2 is 1.72 bits per heavy atom. The van der Waals surface area contributed by atoms with E-state index in [-0.39, 0.29) is 17.4 Å². The van der Waals surface area contributed by atoms with Gasteiger partial charge in [0.1, 0.15) is 11.6 Å². The summed E-state index contributed by atoms with van der Waals surface area (Å²) in [5, 5.41) is 3.47. The van der Waals surface area contributed by atoms with Crippen molar-refractivity contribution in [1.82, 2.24) is 10.2 Å². The van der Waals surface area contributed by atoms with Crippen LogP contribution in [0.3, 0.4) is 0 Å². The molecule has 1 fully saturated rings.